The molecule has 0 radical (unpaired) electrons. The van der Waals surface area contributed by atoms with E-state index in [0.717, 1.165) is 0 Å². The van der Waals surface area contributed by atoms with Crippen LogP contribution in [0.1, 0.15) is 33.5 Å². The molecule has 3 N–H and O–H groups in total. The molecular formula is C10H18N4O2. The zero-order valence-electron chi connectivity index (χ0n) is 10.1. The van der Waals surface area contributed by atoms with Gasteiger partial charge in [-0.2, -0.15) is 5.10 Å². The lowest BCUT2D eigenvalue weighted by Gasteiger charge is -2.18. The van der Waals surface area contributed by atoms with Crippen LogP contribution in [0, 0.1) is 0 Å². The molecule has 0 aliphatic heterocycles. The van der Waals surface area contributed by atoms with Crippen molar-refractivity contribution in [2.24, 2.45) is 5.73 Å². The molecule has 16 heavy (non-hydrogen) atoms. The molecule has 0 spiro atoms. The molecule has 6 nitrogen and oxygen atoms in total. The number of carboxylic acids is 1. The van der Waals surface area contributed by atoms with Gasteiger partial charge < -0.3 is 10.8 Å². The van der Waals surface area contributed by atoms with E-state index < -0.39 is 11.5 Å². The smallest absolute Gasteiger partial charge is 0.325 e. The molecule has 1 aromatic rings. The van der Waals surface area contributed by atoms with Gasteiger partial charge in [0, 0.05) is 5.41 Å². The zero-order chi connectivity index (χ0) is 12.6. The highest BCUT2D eigenvalue weighted by molar-refractivity contribution is 5.77. The van der Waals surface area contributed by atoms with Crippen LogP contribution in [0.15, 0.2) is 6.33 Å². The van der Waals surface area contributed by atoms with Gasteiger partial charge in [0.05, 0.1) is 6.54 Å². The lowest BCUT2D eigenvalue weighted by molar-refractivity contribution is -0.143. The van der Waals surface area contributed by atoms with Gasteiger partial charge in [-0.15, -0.1) is 0 Å². The molecule has 0 aromatic carbocycles. The Kier molecular flexibility index (Phi) is 3.05. The Labute approximate surface area is 94.5 Å². The quantitative estimate of drug-likeness (QED) is 0.777. The van der Waals surface area contributed by atoms with Gasteiger partial charge in [-0.05, 0) is 6.92 Å². The van der Waals surface area contributed by atoms with E-state index in [1.54, 1.807) is 0 Å². The first-order valence-corrected chi connectivity index (χ1v) is 5.05. The number of carboxylic acid groups (broad SMARTS) is 1. The third-order valence-corrected chi connectivity index (χ3v) is 2.19. The minimum atomic E-state index is -1.33. The molecule has 1 unspecified atom stereocenters. The topological polar surface area (TPSA) is 94.0 Å². The monoisotopic (exact) mass is 226 g/mol. The van der Waals surface area contributed by atoms with Crippen LogP contribution in [0.2, 0.25) is 0 Å². The molecule has 0 bridgehead atoms. The summed E-state index contributed by atoms with van der Waals surface area (Å²) in [4.78, 5) is 15.0. The summed E-state index contributed by atoms with van der Waals surface area (Å²) < 4.78 is 1.47. The van der Waals surface area contributed by atoms with E-state index >= 15 is 0 Å². The molecular weight excluding hydrogens is 208 g/mol. The maximum Gasteiger partial charge on any atom is 0.325 e. The van der Waals surface area contributed by atoms with Crippen molar-refractivity contribution >= 4 is 5.97 Å². The number of aliphatic carboxylic acids is 1. The molecule has 90 valence electrons. The lowest BCUT2D eigenvalue weighted by atomic mass is 9.96. The third-order valence-electron chi connectivity index (χ3n) is 2.19. The number of rotatable bonds is 3. The molecule has 0 aliphatic rings. The maximum atomic E-state index is 10.8. The number of carbonyl (C=O) groups is 1. The van der Waals surface area contributed by atoms with E-state index in [1.165, 1.54) is 17.9 Å². The lowest BCUT2D eigenvalue weighted by Crippen LogP contribution is -2.48. The van der Waals surface area contributed by atoms with Gasteiger partial charge in [-0.1, -0.05) is 20.8 Å². The van der Waals surface area contributed by atoms with Crippen LogP contribution in [-0.4, -0.2) is 31.4 Å². The Balaban J connectivity index is 2.85. The van der Waals surface area contributed by atoms with Crippen LogP contribution in [0.4, 0.5) is 0 Å². The first-order valence-electron chi connectivity index (χ1n) is 5.05. The number of nitrogens with zero attached hydrogens (tertiary/aromatic N) is 3. The van der Waals surface area contributed by atoms with E-state index in [-0.39, 0.29) is 12.0 Å². The van der Waals surface area contributed by atoms with E-state index in [1.807, 2.05) is 20.8 Å². The van der Waals surface area contributed by atoms with Gasteiger partial charge in [-0.3, -0.25) is 9.48 Å². The fourth-order valence-corrected chi connectivity index (χ4v) is 1.12. The Morgan fingerprint density at radius 1 is 1.50 bits per heavy atom. The first-order chi connectivity index (χ1) is 7.13. The van der Waals surface area contributed by atoms with Gasteiger partial charge in [-0.25, -0.2) is 4.98 Å². The molecule has 0 fully saturated rings. The van der Waals surface area contributed by atoms with Crippen LogP contribution in [0.25, 0.3) is 0 Å². The Morgan fingerprint density at radius 3 is 2.44 bits per heavy atom. The number of aromatic nitrogens is 3. The summed E-state index contributed by atoms with van der Waals surface area (Å²) in [5.74, 6) is -0.381. The number of hydrogen-bond donors (Lipinski definition) is 2. The fourth-order valence-electron chi connectivity index (χ4n) is 1.12. The Bertz CT molecular complexity index is 390. The zero-order valence-corrected chi connectivity index (χ0v) is 10.1. The summed E-state index contributed by atoms with van der Waals surface area (Å²) in [6.07, 6.45) is 1.51. The average Bonchev–Trinajstić information content (AvgIpc) is 2.50. The van der Waals surface area contributed by atoms with E-state index in [9.17, 15) is 4.79 Å². The highest BCUT2D eigenvalue weighted by Crippen LogP contribution is 2.17. The molecule has 0 saturated heterocycles. The summed E-state index contributed by atoms with van der Waals surface area (Å²) in [5.41, 5.74) is 4.14. The van der Waals surface area contributed by atoms with Gasteiger partial charge in [0.25, 0.3) is 0 Å². The number of hydrogen-bond acceptors (Lipinski definition) is 4. The second-order valence-electron chi connectivity index (χ2n) is 5.24. The minimum Gasteiger partial charge on any atom is -0.480 e. The molecule has 1 heterocycles. The molecule has 0 saturated carbocycles. The average molecular weight is 226 g/mol. The van der Waals surface area contributed by atoms with Crippen molar-refractivity contribution in [3.63, 3.8) is 0 Å². The molecule has 1 rings (SSSR count). The van der Waals surface area contributed by atoms with E-state index in [2.05, 4.69) is 10.1 Å². The third kappa shape index (κ3) is 2.79. The minimum absolute atomic E-state index is 0.103. The standard InChI is InChI=1S/C10H18N4O2/c1-9(2,3)7-12-6-14(13-7)5-10(4,11)8(15)16/h6H,5,11H2,1-4H3,(H,15,16). The van der Waals surface area contributed by atoms with Gasteiger partial charge in [0.1, 0.15) is 11.9 Å². The Hall–Kier alpha value is -1.43. The van der Waals surface area contributed by atoms with E-state index in [0.29, 0.717) is 5.82 Å². The van der Waals surface area contributed by atoms with Crippen LogP contribution in [-0.2, 0) is 16.8 Å². The largest absolute Gasteiger partial charge is 0.480 e. The van der Waals surface area contributed by atoms with Crippen molar-refractivity contribution in [1.82, 2.24) is 14.8 Å². The van der Waals surface area contributed by atoms with Gasteiger partial charge in [0.2, 0.25) is 0 Å². The summed E-state index contributed by atoms with van der Waals surface area (Å²) in [7, 11) is 0. The summed E-state index contributed by atoms with van der Waals surface area (Å²) in [6.45, 7) is 7.53. The van der Waals surface area contributed by atoms with Gasteiger partial charge >= 0.3 is 5.97 Å². The highest BCUT2D eigenvalue weighted by atomic mass is 16.4. The first kappa shape index (κ1) is 12.6. The van der Waals surface area contributed by atoms with E-state index in [4.69, 9.17) is 10.8 Å². The molecule has 6 heteroatoms. The molecule has 0 aliphatic carbocycles. The van der Waals surface area contributed by atoms with Crippen molar-refractivity contribution in [2.45, 2.75) is 45.2 Å². The molecule has 1 aromatic heterocycles. The second-order valence-corrected chi connectivity index (χ2v) is 5.24. The highest BCUT2D eigenvalue weighted by Gasteiger charge is 2.29. The van der Waals surface area contributed by atoms with Crippen LogP contribution < -0.4 is 5.73 Å². The fraction of sp³-hybridized carbons (Fsp3) is 0.700. The normalized spacial score (nSPS) is 15.8. The van der Waals surface area contributed by atoms with Crippen LogP contribution >= 0.6 is 0 Å². The maximum absolute atomic E-state index is 10.8. The predicted octanol–water partition coefficient (Wildman–Crippen LogP) is 0.378. The molecule has 1 atom stereocenters. The number of nitrogens with two attached hydrogens (primary N) is 1. The SMILES string of the molecule is CC(N)(Cn1cnc(C(C)(C)C)n1)C(=O)O. The van der Waals surface area contributed by atoms with Crippen molar-refractivity contribution in [3.05, 3.63) is 12.2 Å². The molecule has 0 amide bonds. The Morgan fingerprint density at radius 2 is 2.06 bits per heavy atom. The van der Waals surface area contributed by atoms with Crippen molar-refractivity contribution in [1.29, 1.82) is 0 Å². The summed E-state index contributed by atoms with van der Waals surface area (Å²) in [5, 5.41) is 13.1. The van der Waals surface area contributed by atoms with Crippen LogP contribution in [0.5, 0.6) is 0 Å². The second kappa shape index (κ2) is 3.86. The van der Waals surface area contributed by atoms with Crippen LogP contribution in [0.3, 0.4) is 0 Å². The summed E-state index contributed by atoms with van der Waals surface area (Å²) in [6, 6.07) is 0. The van der Waals surface area contributed by atoms with Gasteiger partial charge in [0.15, 0.2) is 5.82 Å². The van der Waals surface area contributed by atoms with Crippen molar-refractivity contribution in [3.8, 4) is 0 Å². The van der Waals surface area contributed by atoms with Crippen molar-refractivity contribution in [2.75, 3.05) is 0 Å². The van der Waals surface area contributed by atoms with Crippen molar-refractivity contribution < 1.29 is 9.90 Å². The summed E-state index contributed by atoms with van der Waals surface area (Å²) >= 11 is 0. The predicted molar refractivity (Wildman–Crippen MR) is 59.0 cm³/mol.